The van der Waals surface area contributed by atoms with Gasteiger partial charge in [0.05, 0.1) is 6.67 Å². The summed E-state index contributed by atoms with van der Waals surface area (Å²) in [6, 6.07) is 0. The van der Waals surface area contributed by atoms with Gasteiger partial charge in [-0.2, -0.15) is 0 Å². The van der Waals surface area contributed by atoms with Crippen molar-refractivity contribution in [2.45, 2.75) is 19.0 Å². The maximum Gasteiger partial charge on any atom is 0.138 e. The molecule has 0 aliphatic heterocycles. The molecule has 0 radical (unpaired) electrons. The molecule has 0 N–H and O–H groups in total. The second-order valence-corrected chi connectivity index (χ2v) is 1.99. The Bertz CT molecular complexity index is 60.7. The topological polar surface area (TPSA) is 0 Å². The summed E-state index contributed by atoms with van der Waals surface area (Å²) in [5.41, 5.74) is -1.95. The van der Waals surface area contributed by atoms with Crippen LogP contribution in [-0.2, 0) is 0 Å². The van der Waals surface area contributed by atoms with Gasteiger partial charge in [-0.25, -0.2) is 8.78 Å². The van der Waals surface area contributed by atoms with Crippen molar-refractivity contribution < 1.29 is 13.2 Å². The molecule has 0 aromatic heterocycles. The fraction of sp³-hybridized carbons (Fsp3) is 1.00. The average Bonchev–Trinajstić information content (AvgIpc) is 1.67. The van der Waals surface area contributed by atoms with Crippen LogP contribution < -0.4 is 0 Å². The molecule has 0 rings (SSSR count). The van der Waals surface area contributed by atoms with Crippen LogP contribution in [0.5, 0.6) is 0 Å². The average molecular weight is 126 g/mol. The SMILES string of the molecule is CC(F)(CF)CCF. The molecule has 0 saturated carbocycles. The third-order valence-corrected chi connectivity index (χ3v) is 0.894. The van der Waals surface area contributed by atoms with E-state index in [0.717, 1.165) is 6.92 Å². The van der Waals surface area contributed by atoms with Crippen LogP contribution in [0.3, 0.4) is 0 Å². The number of alkyl halides is 3. The van der Waals surface area contributed by atoms with E-state index in [-0.39, 0.29) is 6.42 Å². The smallest absolute Gasteiger partial charge is 0.138 e. The predicted octanol–water partition coefficient (Wildman–Crippen LogP) is 2.04. The number of halogens is 3. The molecule has 0 saturated heterocycles. The van der Waals surface area contributed by atoms with E-state index in [4.69, 9.17) is 0 Å². The summed E-state index contributed by atoms with van der Waals surface area (Å²) in [6.07, 6.45) is -0.344. The van der Waals surface area contributed by atoms with Crippen LogP contribution in [-0.4, -0.2) is 19.0 Å². The van der Waals surface area contributed by atoms with E-state index in [0.29, 0.717) is 0 Å². The molecule has 0 heterocycles. The molecule has 0 aromatic rings. The van der Waals surface area contributed by atoms with Crippen LogP contribution in [0.25, 0.3) is 0 Å². The highest BCUT2D eigenvalue weighted by Crippen LogP contribution is 2.15. The summed E-state index contributed by atoms with van der Waals surface area (Å²) >= 11 is 0. The Hall–Kier alpha value is -0.210. The summed E-state index contributed by atoms with van der Waals surface area (Å²) in [5, 5.41) is 0. The number of hydrogen-bond acceptors (Lipinski definition) is 0. The number of hydrogen-bond donors (Lipinski definition) is 0. The molecule has 1 unspecified atom stereocenters. The minimum Gasteiger partial charge on any atom is -0.251 e. The fourth-order valence-corrected chi connectivity index (χ4v) is 0.264. The molecule has 0 spiro atoms. The van der Waals surface area contributed by atoms with Gasteiger partial charge in [0.15, 0.2) is 0 Å². The van der Waals surface area contributed by atoms with Crippen molar-refractivity contribution in [2.24, 2.45) is 0 Å². The first-order chi connectivity index (χ1) is 3.62. The Labute approximate surface area is 46.7 Å². The highest BCUT2D eigenvalue weighted by Gasteiger charge is 2.21. The van der Waals surface area contributed by atoms with E-state index in [1.807, 2.05) is 0 Å². The molecule has 3 heteroatoms. The summed E-state index contributed by atoms with van der Waals surface area (Å²) in [4.78, 5) is 0. The van der Waals surface area contributed by atoms with Gasteiger partial charge in [0.25, 0.3) is 0 Å². The van der Waals surface area contributed by atoms with Gasteiger partial charge < -0.3 is 0 Å². The van der Waals surface area contributed by atoms with Crippen LogP contribution in [0.2, 0.25) is 0 Å². The molecule has 0 amide bonds. The third-order valence-electron chi connectivity index (χ3n) is 0.894. The first kappa shape index (κ1) is 7.79. The van der Waals surface area contributed by atoms with E-state index in [1.165, 1.54) is 0 Å². The van der Waals surface area contributed by atoms with Crippen LogP contribution in [0, 0.1) is 0 Å². The van der Waals surface area contributed by atoms with E-state index >= 15 is 0 Å². The lowest BCUT2D eigenvalue weighted by Gasteiger charge is -2.11. The van der Waals surface area contributed by atoms with Crippen LogP contribution in [0.15, 0.2) is 0 Å². The van der Waals surface area contributed by atoms with Crippen LogP contribution in [0.1, 0.15) is 13.3 Å². The zero-order valence-electron chi connectivity index (χ0n) is 4.76. The molecule has 0 nitrogen and oxygen atoms in total. The Morgan fingerprint density at radius 3 is 2.00 bits per heavy atom. The van der Waals surface area contributed by atoms with Crippen molar-refractivity contribution in [3.8, 4) is 0 Å². The van der Waals surface area contributed by atoms with Crippen LogP contribution in [0.4, 0.5) is 13.2 Å². The summed E-state index contributed by atoms with van der Waals surface area (Å²) < 4.78 is 34.9. The summed E-state index contributed by atoms with van der Waals surface area (Å²) in [7, 11) is 0. The lowest BCUT2D eigenvalue weighted by molar-refractivity contribution is 0.120. The van der Waals surface area contributed by atoms with E-state index in [2.05, 4.69) is 0 Å². The molecule has 0 bridgehead atoms. The predicted molar refractivity (Wildman–Crippen MR) is 26.1 cm³/mol. The molecular formula is C5H9F3. The van der Waals surface area contributed by atoms with Crippen molar-refractivity contribution in [3.63, 3.8) is 0 Å². The molecule has 0 fully saturated rings. The highest BCUT2D eigenvalue weighted by atomic mass is 19.2. The lowest BCUT2D eigenvalue weighted by Crippen LogP contribution is -2.20. The zero-order chi connectivity index (χ0) is 6.62. The highest BCUT2D eigenvalue weighted by molar-refractivity contribution is 4.70. The van der Waals surface area contributed by atoms with Crippen molar-refractivity contribution in [3.05, 3.63) is 0 Å². The molecule has 1 atom stereocenters. The van der Waals surface area contributed by atoms with E-state index < -0.39 is 19.0 Å². The Morgan fingerprint density at radius 2 is 1.88 bits per heavy atom. The van der Waals surface area contributed by atoms with Gasteiger partial charge in [-0.15, -0.1) is 0 Å². The molecule has 0 aliphatic rings. The van der Waals surface area contributed by atoms with E-state index in [1.54, 1.807) is 0 Å². The van der Waals surface area contributed by atoms with Crippen molar-refractivity contribution in [2.75, 3.05) is 13.3 Å². The molecule has 50 valence electrons. The minimum atomic E-state index is -1.95. The Balaban J connectivity index is 3.37. The molecule has 0 aliphatic carbocycles. The molecular weight excluding hydrogens is 117 g/mol. The van der Waals surface area contributed by atoms with Crippen molar-refractivity contribution in [1.82, 2.24) is 0 Å². The zero-order valence-corrected chi connectivity index (χ0v) is 4.76. The standard InChI is InChI=1S/C5H9F3/c1-5(8,4-7)2-3-6/h2-4H2,1H3. The first-order valence-electron chi connectivity index (χ1n) is 2.43. The Morgan fingerprint density at radius 1 is 1.38 bits per heavy atom. The quantitative estimate of drug-likeness (QED) is 0.542. The van der Waals surface area contributed by atoms with Gasteiger partial charge in [0.1, 0.15) is 12.3 Å². The lowest BCUT2D eigenvalue weighted by atomic mass is 10.1. The monoisotopic (exact) mass is 126 g/mol. The molecule has 8 heavy (non-hydrogen) atoms. The fourth-order valence-electron chi connectivity index (χ4n) is 0.264. The van der Waals surface area contributed by atoms with Gasteiger partial charge in [-0.3, -0.25) is 4.39 Å². The second-order valence-electron chi connectivity index (χ2n) is 1.99. The molecule has 0 aromatic carbocycles. The Kier molecular flexibility index (Phi) is 2.87. The van der Waals surface area contributed by atoms with Gasteiger partial charge in [0, 0.05) is 6.42 Å². The van der Waals surface area contributed by atoms with Crippen LogP contribution >= 0.6 is 0 Å². The largest absolute Gasteiger partial charge is 0.251 e. The summed E-state index contributed by atoms with van der Waals surface area (Å²) in [5.74, 6) is 0. The summed E-state index contributed by atoms with van der Waals surface area (Å²) in [6.45, 7) is -0.847. The van der Waals surface area contributed by atoms with Gasteiger partial charge in [-0.1, -0.05) is 0 Å². The van der Waals surface area contributed by atoms with Crippen molar-refractivity contribution >= 4 is 0 Å². The third kappa shape index (κ3) is 2.88. The number of rotatable bonds is 3. The van der Waals surface area contributed by atoms with Gasteiger partial charge in [-0.05, 0) is 6.92 Å². The maximum absolute atomic E-state index is 12.2. The maximum atomic E-state index is 12.2. The second kappa shape index (κ2) is 2.95. The van der Waals surface area contributed by atoms with Gasteiger partial charge >= 0.3 is 0 Å². The van der Waals surface area contributed by atoms with Gasteiger partial charge in [0.2, 0.25) is 0 Å². The normalized spacial score (nSPS) is 18.0. The first-order valence-corrected chi connectivity index (χ1v) is 2.43. The van der Waals surface area contributed by atoms with Crippen molar-refractivity contribution in [1.29, 1.82) is 0 Å². The minimum absolute atomic E-state index is 0.344. The van der Waals surface area contributed by atoms with E-state index in [9.17, 15) is 13.2 Å².